The molecule has 0 saturated carbocycles. The standard InChI is InChI=1S/C25H34N4O4S/c1-18(2)32-14-5-10-26-25(31)19-8-11-28(12-9-19)17-24(30)29-21(22-6-3-13-33-22)16-20(27-29)23-7-4-15-34-23/h3-4,6-7,13,15,18-19,21H,5,8-12,14,16-17H2,1-2H3,(H,26,31). The summed E-state index contributed by atoms with van der Waals surface area (Å²) in [7, 11) is 0. The third kappa shape index (κ3) is 6.34. The summed E-state index contributed by atoms with van der Waals surface area (Å²) in [5.41, 5.74) is 0.916. The zero-order valence-electron chi connectivity index (χ0n) is 19.9. The van der Waals surface area contributed by atoms with E-state index >= 15 is 0 Å². The van der Waals surface area contributed by atoms with Crippen molar-refractivity contribution in [2.24, 2.45) is 11.0 Å². The number of likely N-dealkylation sites (tertiary alicyclic amines) is 1. The molecule has 2 amide bonds. The first-order chi connectivity index (χ1) is 16.5. The van der Waals surface area contributed by atoms with E-state index in [0.717, 1.165) is 48.7 Å². The molecule has 9 heteroatoms. The highest BCUT2D eigenvalue weighted by Gasteiger charge is 2.36. The number of ether oxygens (including phenoxy) is 1. The Morgan fingerprint density at radius 1 is 1.26 bits per heavy atom. The van der Waals surface area contributed by atoms with Crippen molar-refractivity contribution in [2.45, 2.75) is 51.7 Å². The van der Waals surface area contributed by atoms with Gasteiger partial charge in [-0.25, -0.2) is 5.01 Å². The van der Waals surface area contributed by atoms with Gasteiger partial charge in [0.15, 0.2) is 0 Å². The van der Waals surface area contributed by atoms with Gasteiger partial charge in [-0.1, -0.05) is 6.07 Å². The van der Waals surface area contributed by atoms with Crippen molar-refractivity contribution >= 4 is 28.9 Å². The highest BCUT2D eigenvalue weighted by Crippen LogP contribution is 2.34. The molecular formula is C25H34N4O4S. The molecule has 8 nitrogen and oxygen atoms in total. The van der Waals surface area contributed by atoms with Crippen LogP contribution in [-0.2, 0) is 14.3 Å². The van der Waals surface area contributed by atoms with E-state index in [4.69, 9.17) is 9.15 Å². The first-order valence-electron chi connectivity index (χ1n) is 12.1. The molecule has 2 aliphatic rings. The first-order valence-corrected chi connectivity index (χ1v) is 13.0. The molecule has 2 aliphatic heterocycles. The number of furan rings is 1. The molecule has 0 bridgehead atoms. The molecule has 2 aromatic rings. The summed E-state index contributed by atoms with van der Waals surface area (Å²) in [5, 5.41) is 11.3. The summed E-state index contributed by atoms with van der Waals surface area (Å²) >= 11 is 1.63. The molecule has 1 atom stereocenters. The Morgan fingerprint density at radius 3 is 2.76 bits per heavy atom. The predicted molar refractivity (Wildman–Crippen MR) is 132 cm³/mol. The van der Waals surface area contributed by atoms with Crippen LogP contribution < -0.4 is 5.32 Å². The number of rotatable bonds is 10. The predicted octanol–water partition coefficient (Wildman–Crippen LogP) is 3.66. The normalized spacial score (nSPS) is 19.6. The second kappa shape index (κ2) is 11.8. The molecular weight excluding hydrogens is 452 g/mol. The van der Waals surface area contributed by atoms with Gasteiger partial charge in [0.2, 0.25) is 5.91 Å². The minimum Gasteiger partial charge on any atom is -0.467 e. The molecule has 4 rings (SSSR count). The van der Waals surface area contributed by atoms with Gasteiger partial charge in [-0.05, 0) is 69.8 Å². The fourth-order valence-electron chi connectivity index (χ4n) is 4.40. The second-order valence-corrected chi connectivity index (χ2v) is 10.1. The number of carbonyl (C=O) groups excluding carboxylic acids is 2. The molecule has 0 aromatic carbocycles. The van der Waals surface area contributed by atoms with Crippen LogP contribution in [0.25, 0.3) is 0 Å². The van der Waals surface area contributed by atoms with Crippen molar-refractivity contribution in [3.63, 3.8) is 0 Å². The summed E-state index contributed by atoms with van der Waals surface area (Å²) in [5.74, 6) is 0.820. The van der Waals surface area contributed by atoms with E-state index in [1.54, 1.807) is 22.6 Å². The van der Waals surface area contributed by atoms with Crippen LogP contribution in [0.1, 0.15) is 56.2 Å². The van der Waals surface area contributed by atoms with E-state index in [1.165, 1.54) is 0 Å². The number of piperidine rings is 1. The van der Waals surface area contributed by atoms with Crippen LogP contribution in [0, 0.1) is 5.92 Å². The third-order valence-electron chi connectivity index (χ3n) is 6.23. The zero-order valence-corrected chi connectivity index (χ0v) is 20.8. The van der Waals surface area contributed by atoms with Crippen LogP contribution in [0.2, 0.25) is 0 Å². The molecule has 0 spiro atoms. The lowest BCUT2D eigenvalue weighted by atomic mass is 9.96. The Kier molecular flexibility index (Phi) is 8.53. The molecule has 1 N–H and O–H groups in total. The maximum absolute atomic E-state index is 13.2. The van der Waals surface area contributed by atoms with E-state index in [0.29, 0.717) is 26.1 Å². The summed E-state index contributed by atoms with van der Waals surface area (Å²) in [6.07, 6.45) is 4.82. The lowest BCUT2D eigenvalue weighted by molar-refractivity contribution is -0.135. The van der Waals surface area contributed by atoms with Crippen LogP contribution >= 0.6 is 11.3 Å². The molecule has 2 aromatic heterocycles. The SMILES string of the molecule is CC(C)OCCCNC(=O)C1CCN(CC(=O)N2N=C(c3cccs3)CC2c2ccco2)CC1. The Hall–Kier alpha value is -2.49. The lowest BCUT2D eigenvalue weighted by Crippen LogP contribution is -2.44. The number of thiophene rings is 1. The minimum atomic E-state index is -0.220. The Labute approximate surface area is 204 Å². The monoisotopic (exact) mass is 486 g/mol. The highest BCUT2D eigenvalue weighted by atomic mass is 32.1. The zero-order chi connectivity index (χ0) is 23.9. The van der Waals surface area contributed by atoms with E-state index in [2.05, 4.69) is 15.3 Å². The van der Waals surface area contributed by atoms with Crippen LogP contribution in [0.15, 0.2) is 45.4 Å². The van der Waals surface area contributed by atoms with E-state index < -0.39 is 0 Å². The van der Waals surface area contributed by atoms with Crippen molar-refractivity contribution in [1.29, 1.82) is 0 Å². The van der Waals surface area contributed by atoms with Gasteiger partial charge in [0, 0.05) is 25.5 Å². The molecule has 184 valence electrons. The Balaban J connectivity index is 1.27. The topological polar surface area (TPSA) is 87.4 Å². The minimum absolute atomic E-state index is 0.00322. The highest BCUT2D eigenvalue weighted by molar-refractivity contribution is 7.12. The molecule has 0 aliphatic carbocycles. The second-order valence-electron chi connectivity index (χ2n) is 9.11. The van der Waals surface area contributed by atoms with Crippen LogP contribution in [0.5, 0.6) is 0 Å². The van der Waals surface area contributed by atoms with E-state index in [-0.39, 0.29) is 29.9 Å². The summed E-state index contributed by atoms with van der Waals surface area (Å²) < 4.78 is 11.1. The van der Waals surface area contributed by atoms with Crippen LogP contribution in [0.4, 0.5) is 0 Å². The van der Waals surface area contributed by atoms with Gasteiger partial charge in [0.05, 0.1) is 29.5 Å². The van der Waals surface area contributed by atoms with Crippen molar-refractivity contribution in [1.82, 2.24) is 15.2 Å². The number of hydrogen-bond acceptors (Lipinski definition) is 7. The molecule has 0 radical (unpaired) electrons. The largest absolute Gasteiger partial charge is 0.467 e. The number of hydrogen-bond donors (Lipinski definition) is 1. The fraction of sp³-hybridized carbons (Fsp3) is 0.560. The molecule has 34 heavy (non-hydrogen) atoms. The van der Waals surface area contributed by atoms with Crippen LogP contribution in [0.3, 0.4) is 0 Å². The van der Waals surface area contributed by atoms with Crippen molar-refractivity contribution < 1.29 is 18.7 Å². The van der Waals surface area contributed by atoms with Gasteiger partial charge in [0.25, 0.3) is 5.91 Å². The third-order valence-corrected chi connectivity index (χ3v) is 7.15. The smallest absolute Gasteiger partial charge is 0.257 e. The maximum Gasteiger partial charge on any atom is 0.257 e. The molecule has 1 saturated heterocycles. The van der Waals surface area contributed by atoms with Crippen LogP contribution in [-0.4, -0.2) is 66.3 Å². The quantitative estimate of drug-likeness (QED) is 0.518. The summed E-state index contributed by atoms with van der Waals surface area (Å²) in [4.78, 5) is 28.9. The Morgan fingerprint density at radius 2 is 2.09 bits per heavy atom. The van der Waals surface area contributed by atoms with Gasteiger partial charge in [-0.3, -0.25) is 14.5 Å². The van der Waals surface area contributed by atoms with Gasteiger partial charge in [-0.15, -0.1) is 11.3 Å². The van der Waals surface area contributed by atoms with E-state index in [1.807, 2.05) is 43.5 Å². The summed E-state index contributed by atoms with van der Waals surface area (Å²) in [6, 6.07) is 7.55. The molecule has 1 unspecified atom stereocenters. The van der Waals surface area contributed by atoms with Crippen molar-refractivity contribution in [3.05, 3.63) is 46.5 Å². The maximum atomic E-state index is 13.2. The first kappa shape index (κ1) is 24.6. The molecule has 4 heterocycles. The average molecular weight is 487 g/mol. The number of nitrogens with zero attached hydrogens (tertiary/aromatic N) is 3. The van der Waals surface area contributed by atoms with Gasteiger partial charge >= 0.3 is 0 Å². The number of nitrogens with one attached hydrogen (secondary N) is 1. The van der Waals surface area contributed by atoms with E-state index in [9.17, 15) is 9.59 Å². The number of carbonyl (C=O) groups is 2. The van der Waals surface area contributed by atoms with Gasteiger partial charge in [0.1, 0.15) is 11.8 Å². The van der Waals surface area contributed by atoms with Crippen molar-refractivity contribution in [2.75, 3.05) is 32.8 Å². The van der Waals surface area contributed by atoms with Gasteiger partial charge < -0.3 is 14.5 Å². The van der Waals surface area contributed by atoms with Gasteiger partial charge in [-0.2, -0.15) is 5.10 Å². The molecule has 1 fully saturated rings. The average Bonchev–Trinajstić information content (AvgIpc) is 3.60. The fourth-order valence-corrected chi connectivity index (χ4v) is 5.12. The number of hydrazone groups is 1. The van der Waals surface area contributed by atoms with Crippen molar-refractivity contribution in [3.8, 4) is 0 Å². The number of amides is 2. The lowest BCUT2D eigenvalue weighted by Gasteiger charge is -2.32. The Bertz CT molecular complexity index is 950. The summed E-state index contributed by atoms with van der Waals surface area (Å²) in [6.45, 7) is 7.05.